The van der Waals surface area contributed by atoms with Crippen molar-refractivity contribution in [1.82, 2.24) is 9.80 Å². The second-order valence-electron chi connectivity index (χ2n) is 6.65. The fraction of sp³-hybridized carbons (Fsp3) is 0.238. The van der Waals surface area contributed by atoms with Gasteiger partial charge in [0.25, 0.3) is 11.8 Å². The van der Waals surface area contributed by atoms with Gasteiger partial charge in [0.05, 0.1) is 5.57 Å². The summed E-state index contributed by atoms with van der Waals surface area (Å²) in [4.78, 5) is 29.0. The van der Waals surface area contributed by atoms with Gasteiger partial charge in [-0.25, -0.2) is 4.39 Å². The molecule has 2 amide bonds. The monoisotopic (exact) mass is 352 g/mol. The summed E-state index contributed by atoms with van der Waals surface area (Å²) in [6.45, 7) is 4.10. The lowest BCUT2D eigenvalue weighted by atomic mass is 10.0. The third-order valence-electron chi connectivity index (χ3n) is 4.38. The predicted molar refractivity (Wildman–Crippen MR) is 98.2 cm³/mol. The molecule has 0 spiro atoms. The van der Waals surface area contributed by atoms with Gasteiger partial charge in [0, 0.05) is 19.6 Å². The third kappa shape index (κ3) is 3.25. The van der Waals surface area contributed by atoms with E-state index in [1.54, 1.807) is 25.8 Å². The highest BCUT2D eigenvalue weighted by atomic mass is 19.1. The molecule has 0 aromatic heterocycles. The van der Waals surface area contributed by atoms with Crippen LogP contribution in [0.15, 0.2) is 60.3 Å². The summed E-state index contributed by atoms with van der Waals surface area (Å²) in [5.74, 6) is -1.04. The average molecular weight is 352 g/mol. The number of carbonyl (C=O) groups excluding carboxylic acids is 2. The van der Waals surface area contributed by atoms with Crippen LogP contribution in [-0.2, 0) is 16.1 Å². The van der Waals surface area contributed by atoms with Gasteiger partial charge in [0.15, 0.2) is 0 Å². The quantitative estimate of drug-likeness (QED) is 0.774. The van der Waals surface area contributed by atoms with E-state index in [-0.39, 0.29) is 23.7 Å². The Morgan fingerprint density at radius 1 is 0.962 bits per heavy atom. The second-order valence-corrected chi connectivity index (χ2v) is 6.65. The summed E-state index contributed by atoms with van der Waals surface area (Å²) < 4.78 is 13.3. The molecule has 3 rings (SSSR count). The fourth-order valence-electron chi connectivity index (χ4n) is 3.17. The van der Waals surface area contributed by atoms with Crippen molar-refractivity contribution >= 4 is 17.4 Å². The van der Waals surface area contributed by atoms with Crippen LogP contribution in [0.3, 0.4) is 0 Å². The zero-order chi connectivity index (χ0) is 18.8. The highest BCUT2D eigenvalue weighted by molar-refractivity contribution is 6.35. The number of carbonyl (C=O) groups is 2. The Morgan fingerprint density at radius 2 is 1.58 bits per heavy atom. The Labute approximate surface area is 152 Å². The third-order valence-corrected chi connectivity index (χ3v) is 4.38. The summed E-state index contributed by atoms with van der Waals surface area (Å²) in [5, 5.41) is 0. The molecule has 0 N–H and O–H groups in total. The van der Waals surface area contributed by atoms with Crippen LogP contribution in [0.5, 0.6) is 0 Å². The van der Waals surface area contributed by atoms with Crippen LogP contribution < -0.4 is 0 Å². The van der Waals surface area contributed by atoms with E-state index in [0.29, 0.717) is 23.4 Å². The molecule has 0 bridgehead atoms. The van der Waals surface area contributed by atoms with Crippen LogP contribution in [0.25, 0.3) is 5.57 Å². The summed E-state index contributed by atoms with van der Waals surface area (Å²) in [6.07, 6.45) is 0. The Bertz CT molecular complexity index is 857. The molecule has 26 heavy (non-hydrogen) atoms. The van der Waals surface area contributed by atoms with Crippen LogP contribution in [0, 0.1) is 5.82 Å². The van der Waals surface area contributed by atoms with Gasteiger partial charge in [0.2, 0.25) is 0 Å². The fourth-order valence-corrected chi connectivity index (χ4v) is 3.17. The molecule has 0 atom stereocenters. The van der Waals surface area contributed by atoms with Crippen molar-refractivity contribution in [3.05, 3.63) is 77.2 Å². The van der Waals surface area contributed by atoms with Gasteiger partial charge < -0.3 is 4.90 Å². The Balaban J connectivity index is 2.06. The number of imide groups is 1. The van der Waals surface area contributed by atoms with Crippen molar-refractivity contribution in [2.24, 2.45) is 0 Å². The van der Waals surface area contributed by atoms with Crippen LogP contribution in [0.1, 0.15) is 25.0 Å². The van der Waals surface area contributed by atoms with Crippen molar-refractivity contribution < 1.29 is 14.0 Å². The number of benzene rings is 2. The lowest BCUT2D eigenvalue weighted by molar-refractivity contribution is -0.139. The molecule has 0 saturated heterocycles. The molecule has 134 valence electrons. The minimum absolute atomic E-state index is 0.256. The maximum Gasteiger partial charge on any atom is 0.278 e. The SMILES string of the molecule is CC(C)N1C(=O)C(c2ccc(F)cc2)=C(N(C)Cc2ccccc2)C1=O. The zero-order valence-corrected chi connectivity index (χ0v) is 15.1. The molecule has 2 aromatic rings. The Morgan fingerprint density at radius 3 is 2.15 bits per heavy atom. The predicted octanol–water partition coefficient (Wildman–Crippen LogP) is 3.45. The molecular formula is C21H21FN2O2. The van der Waals surface area contributed by atoms with E-state index in [0.717, 1.165) is 5.56 Å². The summed E-state index contributed by atoms with van der Waals surface area (Å²) >= 11 is 0. The van der Waals surface area contributed by atoms with E-state index >= 15 is 0 Å². The number of hydrogen-bond donors (Lipinski definition) is 0. The first-order valence-corrected chi connectivity index (χ1v) is 8.53. The van der Waals surface area contributed by atoms with Gasteiger partial charge in [-0.3, -0.25) is 14.5 Å². The Hall–Kier alpha value is -2.95. The standard InChI is InChI=1S/C21H21FN2O2/c1-14(2)24-20(25)18(16-9-11-17(22)12-10-16)19(21(24)26)23(3)13-15-7-5-4-6-8-15/h4-12,14H,13H2,1-3H3. The van der Waals surface area contributed by atoms with Crippen molar-refractivity contribution in [2.75, 3.05) is 7.05 Å². The van der Waals surface area contributed by atoms with Crippen molar-refractivity contribution in [3.63, 3.8) is 0 Å². The van der Waals surface area contributed by atoms with E-state index in [2.05, 4.69) is 0 Å². The first-order chi connectivity index (χ1) is 12.4. The smallest absolute Gasteiger partial charge is 0.278 e. The average Bonchev–Trinajstić information content (AvgIpc) is 2.87. The Kier molecular flexibility index (Phi) is 4.89. The molecule has 5 heteroatoms. The molecule has 1 aliphatic heterocycles. The van der Waals surface area contributed by atoms with E-state index in [9.17, 15) is 14.0 Å². The van der Waals surface area contributed by atoms with Gasteiger partial charge in [-0.05, 0) is 37.1 Å². The van der Waals surface area contributed by atoms with Gasteiger partial charge in [-0.2, -0.15) is 0 Å². The first kappa shape index (κ1) is 17.9. The van der Waals surface area contributed by atoms with Crippen LogP contribution >= 0.6 is 0 Å². The van der Waals surface area contributed by atoms with Gasteiger partial charge >= 0.3 is 0 Å². The minimum atomic E-state index is -0.383. The number of likely N-dealkylation sites (N-methyl/N-ethyl adjacent to an activating group) is 1. The number of rotatable bonds is 5. The molecule has 1 heterocycles. The second kappa shape index (κ2) is 7.12. The van der Waals surface area contributed by atoms with Gasteiger partial charge in [-0.1, -0.05) is 42.5 Å². The van der Waals surface area contributed by atoms with Crippen molar-refractivity contribution in [2.45, 2.75) is 26.4 Å². The van der Waals surface area contributed by atoms with Crippen LogP contribution in [0.2, 0.25) is 0 Å². The normalized spacial score (nSPS) is 14.6. The number of hydrogen-bond acceptors (Lipinski definition) is 3. The molecule has 0 unspecified atom stereocenters. The highest BCUT2D eigenvalue weighted by Gasteiger charge is 2.41. The lowest BCUT2D eigenvalue weighted by Gasteiger charge is -2.23. The summed E-state index contributed by atoms with van der Waals surface area (Å²) in [7, 11) is 1.79. The van der Waals surface area contributed by atoms with Gasteiger partial charge in [-0.15, -0.1) is 0 Å². The number of halogens is 1. The highest BCUT2D eigenvalue weighted by Crippen LogP contribution is 2.33. The topological polar surface area (TPSA) is 40.6 Å². The summed E-state index contributed by atoms with van der Waals surface area (Å²) in [5.41, 5.74) is 2.24. The molecule has 0 radical (unpaired) electrons. The van der Waals surface area contributed by atoms with Crippen LogP contribution in [-0.4, -0.2) is 34.7 Å². The van der Waals surface area contributed by atoms with E-state index < -0.39 is 0 Å². The lowest BCUT2D eigenvalue weighted by Crippen LogP contribution is -2.39. The van der Waals surface area contributed by atoms with Gasteiger partial charge in [0.1, 0.15) is 11.5 Å². The zero-order valence-electron chi connectivity index (χ0n) is 15.1. The number of nitrogens with zero attached hydrogens (tertiary/aromatic N) is 2. The van der Waals surface area contributed by atoms with Crippen molar-refractivity contribution in [3.8, 4) is 0 Å². The molecule has 2 aromatic carbocycles. The minimum Gasteiger partial charge on any atom is -0.365 e. The van der Waals surface area contributed by atoms with Crippen molar-refractivity contribution in [1.29, 1.82) is 0 Å². The summed E-state index contributed by atoms with van der Waals surface area (Å²) in [6, 6.07) is 15.1. The molecule has 0 saturated carbocycles. The van der Waals surface area contributed by atoms with E-state index in [1.165, 1.54) is 29.2 Å². The molecule has 4 nitrogen and oxygen atoms in total. The van der Waals surface area contributed by atoms with Crippen LogP contribution in [0.4, 0.5) is 4.39 Å². The molecule has 1 aliphatic rings. The number of amides is 2. The first-order valence-electron chi connectivity index (χ1n) is 8.53. The maximum atomic E-state index is 13.3. The maximum absolute atomic E-state index is 13.3. The molecule has 0 fully saturated rings. The largest absolute Gasteiger partial charge is 0.365 e. The van der Waals surface area contributed by atoms with E-state index in [1.807, 2.05) is 30.3 Å². The molecule has 0 aliphatic carbocycles. The van der Waals surface area contributed by atoms with E-state index in [4.69, 9.17) is 0 Å². The molecular weight excluding hydrogens is 331 g/mol.